The van der Waals surface area contributed by atoms with E-state index in [9.17, 15) is 14.4 Å². The third-order valence-corrected chi connectivity index (χ3v) is 4.36. The van der Waals surface area contributed by atoms with Crippen molar-refractivity contribution in [1.29, 1.82) is 0 Å². The summed E-state index contributed by atoms with van der Waals surface area (Å²) in [6.07, 6.45) is 0.326. The van der Waals surface area contributed by atoms with Crippen LogP contribution in [0.4, 0.5) is 0 Å². The maximum atomic E-state index is 12.2. The molecule has 0 atom stereocenters. The van der Waals surface area contributed by atoms with Crippen LogP contribution >= 0.6 is 23.2 Å². The SMILES string of the molecule is CC(C)C(=O)C1C(=O)CC(c2ccc(Cl)cc2Cl)CC1=O. The van der Waals surface area contributed by atoms with E-state index in [4.69, 9.17) is 23.2 Å². The topological polar surface area (TPSA) is 51.2 Å². The highest BCUT2D eigenvalue weighted by Crippen LogP contribution is 2.37. The zero-order valence-electron chi connectivity index (χ0n) is 11.9. The minimum Gasteiger partial charge on any atom is -0.298 e. The maximum absolute atomic E-state index is 12.2. The lowest BCUT2D eigenvalue weighted by Crippen LogP contribution is -2.39. The lowest BCUT2D eigenvalue weighted by Gasteiger charge is -2.27. The average Bonchev–Trinajstić information content (AvgIpc) is 2.37. The Labute approximate surface area is 133 Å². The van der Waals surface area contributed by atoms with Gasteiger partial charge in [0.1, 0.15) is 5.92 Å². The van der Waals surface area contributed by atoms with Crippen LogP contribution in [0, 0.1) is 11.8 Å². The molecule has 0 saturated heterocycles. The van der Waals surface area contributed by atoms with E-state index in [0.717, 1.165) is 5.56 Å². The normalized spacial score (nSPS) is 22.7. The van der Waals surface area contributed by atoms with Crippen LogP contribution in [0.15, 0.2) is 18.2 Å². The van der Waals surface area contributed by atoms with Crippen LogP contribution in [-0.4, -0.2) is 17.3 Å². The second kappa shape index (κ2) is 6.29. The Morgan fingerprint density at radius 2 is 1.71 bits per heavy atom. The minimum absolute atomic E-state index is 0.163. The van der Waals surface area contributed by atoms with Gasteiger partial charge in [-0.05, 0) is 23.6 Å². The van der Waals surface area contributed by atoms with Crippen LogP contribution in [0.5, 0.6) is 0 Å². The molecule has 1 aliphatic rings. The van der Waals surface area contributed by atoms with Gasteiger partial charge in [-0.3, -0.25) is 14.4 Å². The molecule has 0 aromatic heterocycles. The first-order valence-electron chi connectivity index (χ1n) is 6.85. The van der Waals surface area contributed by atoms with Gasteiger partial charge in [0.25, 0.3) is 0 Å². The Morgan fingerprint density at radius 1 is 1.14 bits per heavy atom. The Kier molecular flexibility index (Phi) is 4.84. The van der Waals surface area contributed by atoms with Gasteiger partial charge in [0, 0.05) is 28.8 Å². The van der Waals surface area contributed by atoms with Gasteiger partial charge in [-0.2, -0.15) is 0 Å². The van der Waals surface area contributed by atoms with Crippen molar-refractivity contribution >= 4 is 40.6 Å². The molecule has 1 aliphatic carbocycles. The second-order valence-corrected chi connectivity index (χ2v) is 6.54. The molecule has 1 fully saturated rings. The van der Waals surface area contributed by atoms with Crippen molar-refractivity contribution in [2.24, 2.45) is 11.8 Å². The molecule has 3 nitrogen and oxygen atoms in total. The standard InChI is InChI=1S/C16H16Cl2O3/c1-8(2)16(21)15-13(19)5-9(6-14(15)20)11-4-3-10(17)7-12(11)18/h3-4,7-9,15H,5-6H2,1-2H3. The van der Waals surface area contributed by atoms with E-state index < -0.39 is 5.92 Å². The van der Waals surface area contributed by atoms with Gasteiger partial charge in [-0.1, -0.05) is 43.1 Å². The van der Waals surface area contributed by atoms with Crippen molar-refractivity contribution in [3.63, 3.8) is 0 Å². The van der Waals surface area contributed by atoms with E-state index in [0.29, 0.717) is 10.0 Å². The van der Waals surface area contributed by atoms with Gasteiger partial charge in [0.15, 0.2) is 17.3 Å². The first kappa shape index (κ1) is 16.2. The highest BCUT2D eigenvalue weighted by molar-refractivity contribution is 6.35. The quantitative estimate of drug-likeness (QED) is 0.793. The summed E-state index contributed by atoms with van der Waals surface area (Å²) in [6, 6.07) is 5.02. The lowest BCUT2D eigenvalue weighted by molar-refractivity contribution is -0.143. The summed E-state index contributed by atoms with van der Waals surface area (Å²) in [5.41, 5.74) is 0.734. The fraction of sp³-hybridized carbons (Fsp3) is 0.438. The van der Waals surface area contributed by atoms with Gasteiger partial charge in [-0.25, -0.2) is 0 Å². The Balaban J connectivity index is 2.24. The summed E-state index contributed by atoms with van der Waals surface area (Å²) in [6.45, 7) is 3.40. The summed E-state index contributed by atoms with van der Waals surface area (Å²) in [5, 5.41) is 0.951. The molecule has 0 unspecified atom stereocenters. The summed E-state index contributed by atoms with van der Waals surface area (Å²) in [7, 11) is 0. The van der Waals surface area contributed by atoms with E-state index in [1.54, 1.807) is 32.0 Å². The number of rotatable bonds is 3. The number of Topliss-reactive ketones (excluding diaryl/α,β-unsaturated/α-hetero) is 3. The molecule has 0 bridgehead atoms. The molecule has 0 N–H and O–H groups in total. The van der Waals surface area contributed by atoms with Crippen LogP contribution in [-0.2, 0) is 14.4 Å². The summed E-state index contributed by atoms with van der Waals surface area (Å²) in [4.78, 5) is 36.4. The summed E-state index contributed by atoms with van der Waals surface area (Å²) in [5.74, 6) is -2.58. The number of benzene rings is 1. The number of hydrogen-bond donors (Lipinski definition) is 0. The number of carbonyl (C=O) groups is 3. The van der Waals surface area contributed by atoms with Crippen LogP contribution in [0.25, 0.3) is 0 Å². The summed E-state index contributed by atoms with van der Waals surface area (Å²) >= 11 is 12.0. The molecule has 112 valence electrons. The first-order chi connectivity index (χ1) is 9.81. The average molecular weight is 327 g/mol. The molecule has 0 amide bonds. The predicted molar refractivity (Wildman–Crippen MR) is 81.8 cm³/mol. The molecule has 21 heavy (non-hydrogen) atoms. The Bertz CT molecular complexity index is 590. The first-order valence-corrected chi connectivity index (χ1v) is 7.61. The predicted octanol–water partition coefficient (Wildman–Crippen LogP) is 3.85. The molecular formula is C16H16Cl2O3. The highest BCUT2D eigenvalue weighted by Gasteiger charge is 2.41. The fourth-order valence-corrected chi connectivity index (χ4v) is 3.24. The number of halogens is 2. The second-order valence-electron chi connectivity index (χ2n) is 5.69. The van der Waals surface area contributed by atoms with Crippen molar-refractivity contribution < 1.29 is 14.4 Å². The van der Waals surface area contributed by atoms with Crippen molar-refractivity contribution in [1.82, 2.24) is 0 Å². The lowest BCUT2D eigenvalue weighted by atomic mass is 9.74. The van der Waals surface area contributed by atoms with Gasteiger partial charge < -0.3 is 0 Å². The van der Waals surface area contributed by atoms with E-state index in [2.05, 4.69) is 0 Å². The molecular weight excluding hydrogens is 311 g/mol. The van der Waals surface area contributed by atoms with Crippen molar-refractivity contribution in [2.75, 3.05) is 0 Å². The van der Waals surface area contributed by atoms with E-state index in [-0.39, 0.29) is 42.0 Å². The van der Waals surface area contributed by atoms with Crippen LogP contribution in [0.2, 0.25) is 10.0 Å². The molecule has 0 aliphatic heterocycles. The van der Waals surface area contributed by atoms with Gasteiger partial charge >= 0.3 is 0 Å². The fourth-order valence-electron chi connectivity index (χ4n) is 2.68. The Morgan fingerprint density at radius 3 is 2.19 bits per heavy atom. The molecule has 5 heteroatoms. The van der Waals surface area contributed by atoms with Crippen LogP contribution in [0.3, 0.4) is 0 Å². The molecule has 0 heterocycles. The molecule has 0 spiro atoms. The molecule has 1 aromatic rings. The third-order valence-electron chi connectivity index (χ3n) is 3.79. The molecule has 0 radical (unpaired) electrons. The third kappa shape index (κ3) is 3.35. The van der Waals surface area contributed by atoms with E-state index >= 15 is 0 Å². The van der Waals surface area contributed by atoms with Gasteiger partial charge in [0.2, 0.25) is 0 Å². The molecule has 1 saturated carbocycles. The monoisotopic (exact) mass is 326 g/mol. The number of carbonyl (C=O) groups excluding carboxylic acids is 3. The van der Waals surface area contributed by atoms with Gasteiger partial charge in [0.05, 0.1) is 0 Å². The zero-order chi connectivity index (χ0) is 15.7. The van der Waals surface area contributed by atoms with Crippen LogP contribution in [0.1, 0.15) is 38.2 Å². The van der Waals surface area contributed by atoms with Crippen LogP contribution < -0.4 is 0 Å². The zero-order valence-corrected chi connectivity index (χ0v) is 13.4. The largest absolute Gasteiger partial charge is 0.298 e. The Hall–Kier alpha value is -1.19. The number of hydrogen-bond acceptors (Lipinski definition) is 3. The van der Waals surface area contributed by atoms with Gasteiger partial charge in [-0.15, -0.1) is 0 Å². The molecule has 1 aromatic carbocycles. The molecule has 2 rings (SSSR count). The van der Waals surface area contributed by atoms with Crippen molar-refractivity contribution in [2.45, 2.75) is 32.6 Å². The van der Waals surface area contributed by atoms with Crippen molar-refractivity contribution in [3.8, 4) is 0 Å². The van der Waals surface area contributed by atoms with E-state index in [1.807, 2.05) is 0 Å². The summed E-state index contributed by atoms with van der Waals surface area (Å²) < 4.78 is 0. The van der Waals surface area contributed by atoms with Crippen molar-refractivity contribution in [3.05, 3.63) is 33.8 Å². The maximum Gasteiger partial charge on any atom is 0.153 e. The number of ketones is 3. The smallest absolute Gasteiger partial charge is 0.153 e. The highest BCUT2D eigenvalue weighted by atomic mass is 35.5. The minimum atomic E-state index is -1.09. The van der Waals surface area contributed by atoms with E-state index in [1.165, 1.54) is 0 Å².